The number of rotatable bonds is 5. The smallest absolute Gasteiger partial charge is 0.160 e. The van der Waals surface area contributed by atoms with Gasteiger partial charge in [0.1, 0.15) is 11.7 Å². The van der Waals surface area contributed by atoms with Gasteiger partial charge in [-0.15, -0.1) is 5.10 Å². The third kappa shape index (κ3) is 2.65. The van der Waals surface area contributed by atoms with E-state index in [0.717, 1.165) is 16.7 Å². The number of nitrogens with zero attached hydrogens (tertiary/aromatic N) is 5. The van der Waals surface area contributed by atoms with Crippen molar-refractivity contribution in [2.24, 2.45) is 0 Å². The summed E-state index contributed by atoms with van der Waals surface area (Å²) in [5.74, 6) is 0.694. The van der Waals surface area contributed by atoms with Crippen LogP contribution in [-0.2, 0) is 4.74 Å². The van der Waals surface area contributed by atoms with E-state index in [-0.39, 0.29) is 6.04 Å². The lowest BCUT2D eigenvalue weighted by Gasteiger charge is -2.14. The van der Waals surface area contributed by atoms with Crippen molar-refractivity contribution in [1.82, 2.24) is 29.9 Å². The van der Waals surface area contributed by atoms with Crippen molar-refractivity contribution in [3.05, 3.63) is 60.6 Å². The molecule has 1 aromatic carbocycles. The number of para-hydroxylation sites is 2. The highest BCUT2D eigenvalue weighted by Gasteiger charge is 2.18. The molecule has 0 amide bonds. The van der Waals surface area contributed by atoms with Crippen LogP contribution in [0.1, 0.15) is 11.7 Å². The fourth-order valence-electron chi connectivity index (χ4n) is 2.64. The second-order valence-electron chi connectivity index (χ2n) is 5.41. The fraction of sp³-hybridized carbons (Fsp3) is 0.176. The van der Waals surface area contributed by atoms with E-state index in [9.17, 15) is 0 Å². The molecule has 0 fully saturated rings. The minimum atomic E-state index is -0.137. The van der Waals surface area contributed by atoms with E-state index >= 15 is 0 Å². The Labute approximate surface area is 138 Å². The summed E-state index contributed by atoms with van der Waals surface area (Å²) in [6.07, 6.45) is 3.62. The molecule has 1 atom stereocenters. The van der Waals surface area contributed by atoms with Crippen LogP contribution in [0.2, 0.25) is 0 Å². The molecule has 0 unspecified atom stereocenters. The van der Waals surface area contributed by atoms with Crippen LogP contribution in [0.4, 0.5) is 0 Å². The number of hydrogen-bond acceptors (Lipinski definition) is 5. The molecule has 7 nitrogen and oxygen atoms in total. The molecule has 24 heavy (non-hydrogen) atoms. The average Bonchev–Trinajstić information content (AvgIpc) is 3.27. The van der Waals surface area contributed by atoms with Gasteiger partial charge in [0.2, 0.25) is 0 Å². The molecule has 0 aliphatic rings. The molecular formula is C17H16N6O. The van der Waals surface area contributed by atoms with Gasteiger partial charge in [0.05, 0.1) is 29.5 Å². The van der Waals surface area contributed by atoms with Crippen LogP contribution in [0.3, 0.4) is 0 Å². The largest absolute Gasteiger partial charge is 0.382 e. The van der Waals surface area contributed by atoms with Gasteiger partial charge in [-0.3, -0.25) is 4.98 Å². The van der Waals surface area contributed by atoms with Gasteiger partial charge in [0.15, 0.2) is 5.82 Å². The minimum Gasteiger partial charge on any atom is -0.382 e. The maximum Gasteiger partial charge on any atom is 0.160 e. The van der Waals surface area contributed by atoms with Crippen molar-refractivity contribution in [3.8, 4) is 11.5 Å². The van der Waals surface area contributed by atoms with Gasteiger partial charge in [0.25, 0.3) is 0 Å². The summed E-state index contributed by atoms with van der Waals surface area (Å²) in [5.41, 5.74) is 3.43. The first kappa shape index (κ1) is 14.5. The standard InChI is InChI=1S/C17H16N6O/c1-24-11-16(14-8-4-5-9-18-14)23-10-15(21-22-23)17-19-12-6-2-3-7-13(12)20-17/h2-10,16H,11H2,1H3,(H,19,20)/t16-/m1/s1. The second kappa shape index (κ2) is 6.21. The number of pyridine rings is 1. The summed E-state index contributed by atoms with van der Waals surface area (Å²) >= 11 is 0. The van der Waals surface area contributed by atoms with Crippen molar-refractivity contribution in [1.29, 1.82) is 0 Å². The van der Waals surface area contributed by atoms with E-state index in [2.05, 4.69) is 25.3 Å². The van der Waals surface area contributed by atoms with Crippen LogP contribution in [0.5, 0.6) is 0 Å². The lowest BCUT2D eigenvalue weighted by molar-refractivity contribution is 0.162. The number of ether oxygens (including phenoxy) is 1. The number of benzene rings is 1. The summed E-state index contributed by atoms with van der Waals surface area (Å²) in [7, 11) is 1.66. The molecule has 120 valence electrons. The maximum absolute atomic E-state index is 5.32. The van der Waals surface area contributed by atoms with Crippen LogP contribution >= 0.6 is 0 Å². The predicted octanol–water partition coefficient (Wildman–Crippen LogP) is 2.45. The van der Waals surface area contributed by atoms with Crippen molar-refractivity contribution in [2.45, 2.75) is 6.04 Å². The molecule has 0 aliphatic heterocycles. The van der Waals surface area contributed by atoms with Gasteiger partial charge in [-0.05, 0) is 24.3 Å². The summed E-state index contributed by atoms with van der Waals surface area (Å²) in [5, 5.41) is 8.49. The molecule has 3 aromatic heterocycles. The van der Waals surface area contributed by atoms with E-state index < -0.39 is 0 Å². The lowest BCUT2D eigenvalue weighted by Crippen LogP contribution is -2.18. The lowest BCUT2D eigenvalue weighted by atomic mass is 10.2. The molecule has 3 heterocycles. The third-order valence-electron chi connectivity index (χ3n) is 3.82. The van der Waals surface area contributed by atoms with Crippen LogP contribution in [0.25, 0.3) is 22.6 Å². The highest BCUT2D eigenvalue weighted by molar-refractivity contribution is 5.78. The number of fused-ring (bicyclic) bond motifs is 1. The van der Waals surface area contributed by atoms with Crippen molar-refractivity contribution < 1.29 is 4.74 Å². The predicted molar refractivity (Wildman–Crippen MR) is 89.4 cm³/mol. The van der Waals surface area contributed by atoms with Crippen LogP contribution in [-0.4, -0.2) is 43.7 Å². The molecule has 0 bridgehead atoms. The van der Waals surface area contributed by atoms with Gasteiger partial charge in [-0.2, -0.15) is 0 Å². The van der Waals surface area contributed by atoms with Gasteiger partial charge in [-0.25, -0.2) is 9.67 Å². The Morgan fingerprint density at radius 2 is 2.04 bits per heavy atom. The molecule has 0 aliphatic carbocycles. The van der Waals surface area contributed by atoms with Crippen molar-refractivity contribution >= 4 is 11.0 Å². The summed E-state index contributed by atoms with van der Waals surface area (Å²) < 4.78 is 7.08. The zero-order chi connectivity index (χ0) is 16.4. The molecule has 7 heteroatoms. The highest BCUT2D eigenvalue weighted by atomic mass is 16.5. The fourth-order valence-corrected chi connectivity index (χ4v) is 2.64. The number of aromatic nitrogens is 6. The first-order valence-corrected chi connectivity index (χ1v) is 7.62. The van der Waals surface area contributed by atoms with E-state index in [1.54, 1.807) is 18.0 Å². The molecular weight excluding hydrogens is 304 g/mol. The van der Waals surface area contributed by atoms with Gasteiger partial charge < -0.3 is 9.72 Å². The Hall–Kier alpha value is -3.06. The van der Waals surface area contributed by atoms with Crippen molar-refractivity contribution in [2.75, 3.05) is 13.7 Å². The zero-order valence-corrected chi connectivity index (χ0v) is 13.1. The normalized spacial score (nSPS) is 12.5. The number of methoxy groups -OCH3 is 1. The van der Waals surface area contributed by atoms with E-state index in [1.807, 2.05) is 48.7 Å². The molecule has 1 N–H and O–H groups in total. The Bertz CT molecular complexity index is 913. The quantitative estimate of drug-likeness (QED) is 0.611. The number of H-pyrrole nitrogens is 1. The van der Waals surface area contributed by atoms with E-state index in [0.29, 0.717) is 18.1 Å². The monoisotopic (exact) mass is 320 g/mol. The highest BCUT2D eigenvalue weighted by Crippen LogP contribution is 2.21. The van der Waals surface area contributed by atoms with E-state index in [4.69, 9.17) is 4.74 Å². The van der Waals surface area contributed by atoms with Crippen LogP contribution < -0.4 is 0 Å². The maximum atomic E-state index is 5.32. The van der Waals surface area contributed by atoms with Gasteiger partial charge in [0, 0.05) is 13.3 Å². The van der Waals surface area contributed by atoms with Crippen LogP contribution in [0.15, 0.2) is 54.9 Å². The first-order valence-electron chi connectivity index (χ1n) is 7.62. The van der Waals surface area contributed by atoms with Gasteiger partial charge >= 0.3 is 0 Å². The first-order chi connectivity index (χ1) is 11.8. The third-order valence-corrected chi connectivity index (χ3v) is 3.82. The van der Waals surface area contributed by atoms with E-state index in [1.165, 1.54) is 0 Å². The Morgan fingerprint density at radius 1 is 1.17 bits per heavy atom. The molecule has 0 saturated heterocycles. The Balaban J connectivity index is 1.70. The second-order valence-corrected chi connectivity index (χ2v) is 5.41. The average molecular weight is 320 g/mol. The summed E-state index contributed by atoms with van der Waals surface area (Å²) in [6, 6.07) is 13.5. The zero-order valence-electron chi connectivity index (χ0n) is 13.1. The molecule has 0 saturated carbocycles. The van der Waals surface area contributed by atoms with Crippen LogP contribution in [0, 0.1) is 0 Å². The molecule has 0 radical (unpaired) electrons. The number of imidazole rings is 1. The number of hydrogen-bond donors (Lipinski definition) is 1. The van der Waals surface area contributed by atoms with Gasteiger partial charge in [-0.1, -0.05) is 23.4 Å². The Morgan fingerprint density at radius 3 is 2.83 bits per heavy atom. The minimum absolute atomic E-state index is 0.137. The topological polar surface area (TPSA) is 81.5 Å². The summed E-state index contributed by atoms with van der Waals surface area (Å²) in [4.78, 5) is 12.2. The molecule has 4 rings (SSSR count). The van der Waals surface area contributed by atoms with Crippen molar-refractivity contribution in [3.63, 3.8) is 0 Å². The number of aromatic amines is 1. The molecule has 4 aromatic rings. The SMILES string of the molecule is COC[C@H](c1ccccn1)n1cc(-c2nc3ccccc3[nH]2)nn1. The molecule has 0 spiro atoms. The summed E-state index contributed by atoms with van der Waals surface area (Å²) in [6.45, 7) is 0.458. The Kier molecular flexibility index (Phi) is 3.76. The number of nitrogens with one attached hydrogen (secondary N) is 1.